The monoisotopic (exact) mass is 243 g/mol. The molecule has 0 aromatic carbocycles. The predicted octanol–water partition coefficient (Wildman–Crippen LogP) is -3.54. The van der Waals surface area contributed by atoms with Gasteiger partial charge in [-0.25, -0.2) is 0 Å². The van der Waals surface area contributed by atoms with Crippen LogP contribution in [0.1, 0.15) is 13.3 Å². The summed E-state index contributed by atoms with van der Waals surface area (Å²) in [4.78, 5) is 25.3. The summed E-state index contributed by atoms with van der Waals surface area (Å²) >= 11 is 0. The van der Waals surface area contributed by atoms with E-state index in [2.05, 4.69) is 17.1 Å². The lowest BCUT2D eigenvalue weighted by molar-refractivity contribution is -0.902. The predicted molar refractivity (Wildman–Crippen MR) is 60.3 cm³/mol. The molecule has 0 aliphatic carbocycles. The largest absolute Gasteiger partial charge is 0.548 e. The van der Waals surface area contributed by atoms with Crippen LogP contribution < -0.4 is 15.3 Å². The van der Waals surface area contributed by atoms with Crippen molar-refractivity contribution in [3.05, 3.63) is 0 Å². The Hall–Kier alpha value is -1.14. The van der Waals surface area contributed by atoms with Crippen molar-refractivity contribution in [1.29, 1.82) is 0 Å². The highest BCUT2D eigenvalue weighted by Crippen LogP contribution is 1.92. The molecule has 1 fully saturated rings. The van der Waals surface area contributed by atoms with Gasteiger partial charge >= 0.3 is 0 Å². The van der Waals surface area contributed by atoms with E-state index in [0.717, 1.165) is 32.7 Å². The first-order valence-electron chi connectivity index (χ1n) is 6.14. The van der Waals surface area contributed by atoms with Crippen LogP contribution in [0.4, 0.5) is 0 Å². The first-order chi connectivity index (χ1) is 8.11. The van der Waals surface area contributed by atoms with Crippen LogP contribution in [0.15, 0.2) is 0 Å². The van der Waals surface area contributed by atoms with Gasteiger partial charge in [-0.05, 0) is 6.92 Å². The lowest BCUT2D eigenvalue weighted by Crippen LogP contribution is -3.14. The maximum atomic E-state index is 11.3. The van der Waals surface area contributed by atoms with E-state index in [1.165, 1.54) is 0 Å². The minimum absolute atomic E-state index is 0.223. The highest BCUT2D eigenvalue weighted by Gasteiger charge is 2.18. The third kappa shape index (κ3) is 5.65. The van der Waals surface area contributed by atoms with Crippen molar-refractivity contribution in [2.24, 2.45) is 0 Å². The lowest BCUT2D eigenvalue weighted by Gasteiger charge is -2.31. The summed E-state index contributed by atoms with van der Waals surface area (Å²) < 4.78 is 0. The van der Waals surface area contributed by atoms with Crippen LogP contribution in [0.2, 0.25) is 0 Å². The van der Waals surface area contributed by atoms with Crippen LogP contribution in [-0.4, -0.2) is 62.6 Å². The minimum Gasteiger partial charge on any atom is -0.548 e. The zero-order valence-corrected chi connectivity index (χ0v) is 10.3. The van der Waals surface area contributed by atoms with Gasteiger partial charge in [-0.2, -0.15) is 0 Å². The Morgan fingerprint density at radius 1 is 1.35 bits per heavy atom. The van der Waals surface area contributed by atoms with E-state index in [-0.39, 0.29) is 5.91 Å². The number of carbonyl (C=O) groups is 2. The van der Waals surface area contributed by atoms with Crippen molar-refractivity contribution in [2.45, 2.75) is 13.3 Å². The number of likely N-dealkylation sites (N-methyl/N-ethyl adjacent to an activating group) is 1. The van der Waals surface area contributed by atoms with Crippen molar-refractivity contribution >= 4 is 11.9 Å². The third-order valence-electron chi connectivity index (χ3n) is 3.15. The Labute approximate surface area is 102 Å². The number of quaternary nitrogens is 1. The summed E-state index contributed by atoms with van der Waals surface area (Å²) in [5, 5.41) is 12.4. The van der Waals surface area contributed by atoms with E-state index in [1.807, 2.05) is 0 Å². The highest BCUT2D eigenvalue weighted by atomic mass is 16.4. The van der Waals surface area contributed by atoms with Crippen LogP contribution in [0.25, 0.3) is 0 Å². The van der Waals surface area contributed by atoms with Gasteiger partial charge in [0.2, 0.25) is 5.91 Å². The number of hydrogen-bond acceptors (Lipinski definition) is 4. The molecule has 0 aromatic heterocycles. The topological polar surface area (TPSA) is 76.9 Å². The van der Waals surface area contributed by atoms with Gasteiger partial charge in [0.1, 0.15) is 0 Å². The first-order valence-corrected chi connectivity index (χ1v) is 6.14. The summed E-state index contributed by atoms with van der Waals surface area (Å²) in [6.45, 7) is 7.91. The van der Waals surface area contributed by atoms with Crippen LogP contribution in [0, 0.1) is 0 Å². The average molecular weight is 243 g/mol. The molecule has 6 nitrogen and oxygen atoms in total. The Bertz CT molecular complexity index is 263. The molecule has 0 saturated carbocycles. The standard InChI is InChI=1S/C11H21N3O3/c1-2-13-5-7-14(8-6-13)4-3-10(15)12-9-11(16)17/h2-9H2,1H3,(H,12,15)(H,16,17). The van der Waals surface area contributed by atoms with Crippen LogP contribution >= 0.6 is 0 Å². The van der Waals surface area contributed by atoms with Crippen molar-refractivity contribution in [2.75, 3.05) is 45.8 Å². The number of nitrogens with one attached hydrogen (secondary N) is 2. The molecular weight excluding hydrogens is 222 g/mol. The molecule has 0 bridgehead atoms. The second-order valence-electron chi connectivity index (χ2n) is 4.34. The number of carboxylic acids is 1. The molecular formula is C11H21N3O3. The van der Waals surface area contributed by atoms with Gasteiger partial charge < -0.3 is 20.1 Å². The van der Waals surface area contributed by atoms with Crippen molar-refractivity contribution in [3.8, 4) is 0 Å². The van der Waals surface area contributed by atoms with E-state index in [1.54, 1.807) is 4.90 Å². The molecule has 1 aliphatic heterocycles. The molecule has 1 saturated heterocycles. The summed E-state index contributed by atoms with van der Waals surface area (Å²) in [6.07, 6.45) is 0.356. The minimum atomic E-state index is -1.25. The fourth-order valence-corrected chi connectivity index (χ4v) is 1.97. The van der Waals surface area contributed by atoms with E-state index < -0.39 is 12.5 Å². The fraction of sp³-hybridized carbons (Fsp3) is 0.818. The number of rotatable bonds is 6. The SMILES string of the molecule is CC[NH+]1CCN(CCC(=O)NCC(=O)[O-])CC1. The van der Waals surface area contributed by atoms with Crippen LogP contribution in [-0.2, 0) is 9.59 Å². The molecule has 0 radical (unpaired) electrons. The second-order valence-corrected chi connectivity index (χ2v) is 4.34. The first kappa shape index (κ1) is 13.9. The maximum Gasteiger partial charge on any atom is 0.221 e. The molecule has 0 aromatic rings. The molecule has 17 heavy (non-hydrogen) atoms. The summed E-state index contributed by atoms with van der Waals surface area (Å²) in [5.74, 6) is -1.47. The molecule has 1 heterocycles. The Morgan fingerprint density at radius 3 is 2.53 bits per heavy atom. The summed E-state index contributed by atoms with van der Waals surface area (Å²) in [5.41, 5.74) is 0. The van der Waals surface area contributed by atoms with Gasteiger partial charge in [0.05, 0.1) is 32.1 Å². The Kier molecular flexibility index (Phi) is 5.93. The smallest absolute Gasteiger partial charge is 0.221 e. The van der Waals surface area contributed by atoms with Crippen molar-refractivity contribution < 1.29 is 19.6 Å². The average Bonchev–Trinajstić information content (AvgIpc) is 2.34. The van der Waals surface area contributed by atoms with Gasteiger partial charge in [-0.1, -0.05) is 0 Å². The fourth-order valence-electron chi connectivity index (χ4n) is 1.97. The Balaban J connectivity index is 2.10. The number of carbonyl (C=O) groups excluding carboxylic acids is 2. The normalized spacial score (nSPS) is 17.9. The number of hydrogen-bond donors (Lipinski definition) is 2. The van der Waals surface area contributed by atoms with E-state index in [4.69, 9.17) is 0 Å². The van der Waals surface area contributed by atoms with Crippen molar-refractivity contribution in [1.82, 2.24) is 10.2 Å². The zero-order chi connectivity index (χ0) is 12.7. The zero-order valence-electron chi connectivity index (χ0n) is 10.3. The molecule has 1 rings (SSSR count). The van der Waals surface area contributed by atoms with Gasteiger partial charge in [0, 0.05) is 26.1 Å². The molecule has 2 N–H and O–H groups in total. The molecule has 0 atom stereocenters. The van der Waals surface area contributed by atoms with E-state index in [0.29, 0.717) is 13.0 Å². The molecule has 1 aliphatic rings. The number of carboxylic acid groups (broad SMARTS) is 1. The summed E-state index contributed by atoms with van der Waals surface area (Å²) in [7, 11) is 0. The number of nitrogens with zero attached hydrogens (tertiary/aromatic N) is 1. The maximum absolute atomic E-state index is 11.3. The number of aliphatic carboxylic acids is 1. The number of amides is 1. The number of piperazine rings is 1. The summed E-state index contributed by atoms with van der Waals surface area (Å²) in [6, 6.07) is 0. The second kappa shape index (κ2) is 7.24. The third-order valence-corrected chi connectivity index (χ3v) is 3.15. The molecule has 0 unspecified atom stereocenters. The van der Waals surface area contributed by atoms with Crippen LogP contribution in [0.5, 0.6) is 0 Å². The van der Waals surface area contributed by atoms with Crippen molar-refractivity contribution in [3.63, 3.8) is 0 Å². The highest BCUT2D eigenvalue weighted by molar-refractivity contribution is 5.80. The van der Waals surface area contributed by atoms with Gasteiger partial charge in [-0.3, -0.25) is 9.69 Å². The molecule has 98 valence electrons. The van der Waals surface area contributed by atoms with Gasteiger partial charge in [0.25, 0.3) is 0 Å². The van der Waals surface area contributed by atoms with Gasteiger partial charge in [0.15, 0.2) is 0 Å². The molecule has 1 amide bonds. The van der Waals surface area contributed by atoms with E-state index in [9.17, 15) is 14.7 Å². The lowest BCUT2D eigenvalue weighted by atomic mass is 10.3. The molecule has 0 spiro atoms. The van der Waals surface area contributed by atoms with E-state index >= 15 is 0 Å². The van der Waals surface area contributed by atoms with Gasteiger partial charge in [-0.15, -0.1) is 0 Å². The van der Waals surface area contributed by atoms with Crippen LogP contribution in [0.3, 0.4) is 0 Å². The molecule has 6 heteroatoms. The Morgan fingerprint density at radius 2 is 2.00 bits per heavy atom. The quantitative estimate of drug-likeness (QED) is 0.507.